The van der Waals surface area contributed by atoms with Crippen LogP contribution in [0.3, 0.4) is 0 Å². The molecule has 2 N–H and O–H groups in total. The second-order valence-electron chi connectivity index (χ2n) is 7.90. The van der Waals surface area contributed by atoms with Gasteiger partial charge in [0, 0.05) is 22.8 Å². The molecule has 0 aliphatic rings. The average Bonchev–Trinajstić information content (AvgIpc) is 2.69. The number of nitrogens with zero attached hydrogens (tertiary/aromatic N) is 2. The maximum atomic E-state index is 14.7. The van der Waals surface area contributed by atoms with Crippen LogP contribution in [0.25, 0.3) is 10.9 Å². The first kappa shape index (κ1) is 24.3. The number of nitrogens with one attached hydrogen (secondary N) is 2. The summed E-state index contributed by atoms with van der Waals surface area (Å²) < 4.78 is 53.9. The fourth-order valence-corrected chi connectivity index (χ4v) is 5.11. The van der Waals surface area contributed by atoms with E-state index in [2.05, 4.69) is 20.6 Å². The van der Waals surface area contributed by atoms with Gasteiger partial charge in [0.05, 0.1) is 27.8 Å². The van der Waals surface area contributed by atoms with Gasteiger partial charge in [0.1, 0.15) is 24.6 Å². The molecule has 1 aromatic heterocycles. The molecule has 0 radical (unpaired) electrons. The smallest absolute Gasteiger partial charge is 0.266 e. The van der Waals surface area contributed by atoms with Crippen LogP contribution in [-0.2, 0) is 4.57 Å². The van der Waals surface area contributed by atoms with E-state index in [1.807, 2.05) is 6.92 Å². The molecule has 1 heterocycles. The molecule has 32 heavy (non-hydrogen) atoms. The van der Waals surface area contributed by atoms with Crippen molar-refractivity contribution in [3.05, 3.63) is 52.1 Å². The fourth-order valence-electron chi connectivity index (χ4n) is 3.56. The van der Waals surface area contributed by atoms with Crippen LogP contribution in [0.4, 0.5) is 24.7 Å². The van der Waals surface area contributed by atoms with Crippen LogP contribution in [0.5, 0.6) is 0 Å². The van der Waals surface area contributed by atoms with E-state index >= 15 is 0 Å². The third-order valence-electron chi connectivity index (χ3n) is 5.07. The van der Waals surface area contributed by atoms with Crippen LogP contribution in [-0.4, -0.2) is 29.8 Å². The van der Waals surface area contributed by atoms with Crippen molar-refractivity contribution < 1.29 is 17.7 Å². The van der Waals surface area contributed by atoms with E-state index in [1.54, 1.807) is 33.2 Å². The SMILES string of the molecule is CCNc1c(P(C)(C)=O)cc2c(N[C@H](C)c3cccc(C(F)F)c3F)nc(C)nc2c1Cl. The van der Waals surface area contributed by atoms with Gasteiger partial charge < -0.3 is 15.2 Å². The number of hydrogen-bond acceptors (Lipinski definition) is 5. The van der Waals surface area contributed by atoms with Crippen molar-refractivity contribution in [1.82, 2.24) is 9.97 Å². The Hall–Kier alpha value is -2.31. The van der Waals surface area contributed by atoms with Crippen LogP contribution in [0.1, 0.15) is 43.3 Å². The second-order valence-corrected chi connectivity index (χ2v) is 11.5. The van der Waals surface area contributed by atoms with Gasteiger partial charge in [0.15, 0.2) is 0 Å². The lowest BCUT2D eigenvalue weighted by molar-refractivity contribution is 0.146. The van der Waals surface area contributed by atoms with E-state index in [4.69, 9.17) is 11.6 Å². The average molecular weight is 485 g/mol. The summed E-state index contributed by atoms with van der Waals surface area (Å²) in [6.07, 6.45) is -2.92. The van der Waals surface area contributed by atoms with Crippen LogP contribution in [0, 0.1) is 12.7 Å². The van der Waals surface area contributed by atoms with Crippen LogP contribution < -0.4 is 15.9 Å². The summed E-state index contributed by atoms with van der Waals surface area (Å²) in [4.78, 5) is 8.88. The first-order chi connectivity index (χ1) is 15.0. The molecule has 0 amide bonds. The molecule has 5 nitrogen and oxygen atoms in total. The van der Waals surface area contributed by atoms with Gasteiger partial charge in [-0.15, -0.1) is 0 Å². The van der Waals surface area contributed by atoms with Crippen LogP contribution in [0.2, 0.25) is 5.02 Å². The van der Waals surface area contributed by atoms with Gasteiger partial charge in [-0.2, -0.15) is 0 Å². The summed E-state index contributed by atoms with van der Waals surface area (Å²) in [7, 11) is -2.74. The number of fused-ring (bicyclic) bond motifs is 1. The zero-order valence-electron chi connectivity index (χ0n) is 18.4. The third kappa shape index (κ3) is 4.71. The van der Waals surface area contributed by atoms with Crippen molar-refractivity contribution in [2.24, 2.45) is 0 Å². The molecular weight excluding hydrogens is 460 g/mol. The summed E-state index contributed by atoms with van der Waals surface area (Å²) in [5.41, 5.74) is 0.435. The summed E-state index contributed by atoms with van der Waals surface area (Å²) in [6, 6.07) is 4.94. The number of hydrogen-bond donors (Lipinski definition) is 2. The molecule has 3 aromatic rings. The standard InChI is InChI=1S/C22H25ClF3N4OP/c1-6-27-20-16(32(4,5)31)10-15-19(17(20)23)29-12(3)30-22(15)28-11(2)13-8-7-9-14(18(13)24)21(25)26/h7-11,21,27H,6H2,1-5H3,(H,28,29,30)/t11-/m1/s1. The highest BCUT2D eigenvalue weighted by molar-refractivity contribution is 7.70. The molecule has 10 heteroatoms. The lowest BCUT2D eigenvalue weighted by Crippen LogP contribution is -2.16. The lowest BCUT2D eigenvalue weighted by atomic mass is 10.0. The lowest BCUT2D eigenvalue weighted by Gasteiger charge is -2.21. The zero-order chi connectivity index (χ0) is 23.8. The Balaban J connectivity index is 2.18. The third-order valence-corrected chi connectivity index (χ3v) is 6.95. The molecule has 0 fully saturated rings. The summed E-state index contributed by atoms with van der Waals surface area (Å²) in [6.45, 7) is 9.10. The maximum Gasteiger partial charge on any atom is 0.266 e. The van der Waals surface area contributed by atoms with E-state index in [9.17, 15) is 17.7 Å². The number of aromatic nitrogens is 2. The monoisotopic (exact) mass is 484 g/mol. The summed E-state index contributed by atoms with van der Waals surface area (Å²) >= 11 is 6.66. The topological polar surface area (TPSA) is 66.9 Å². The minimum Gasteiger partial charge on any atom is -0.383 e. The van der Waals surface area contributed by atoms with Crippen molar-refractivity contribution >= 4 is 46.5 Å². The second kappa shape index (κ2) is 9.28. The first-order valence-electron chi connectivity index (χ1n) is 10.1. The van der Waals surface area contributed by atoms with Crippen LogP contribution in [0.15, 0.2) is 24.3 Å². The Morgan fingerprint density at radius 1 is 1.19 bits per heavy atom. The maximum absolute atomic E-state index is 14.7. The molecule has 0 aliphatic carbocycles. The molecular formula is C22H25ClF3N4OP. The minimum atomic E-state index is -2.92. The van der Waals surface area contributed by atoms with Crippen molar-refractivity contribution in [2.45, 2.75) is 33.2 Å². The van der Waals surface area contributed by atoms with Crippen molar-refractivity contribution in [1.29, 1.82) is 0 Å². The Bertz CT molecular complexity index is 1220. The number of anilines is 2. The molecule has 0 aliphatic heterocycles. The van der Waals surface area contributed by atoms with Gasteiger partial charge in [0.2, 0.25) is 0 Å². The summed E-state index contributed by atoms with van der Waals surface area (Å²) in [5.74, 6) is -0.193. The van der Waals surface area contributed by atoms with Crippen molar-refractivity contribution in [3.8, 4) is 0 Å². The fraction of sp³-hybridized carbons (Fsp3) is 0.364. The highest BCUT2D eigenvalue weighted by Gasteiger charge is 2.25. The van der Waals surface area contributed by atoms with E-state index in [0.717, 1.165) is 6.07 Å². The van der Waals surface area contributed by atoms with Crippen LogP contribution >= 0.6 is 18.7 Å². The van der Waals surface area contributed by atoms with E-state index in [1.165, 1.54) is 12.1 Å². The molecule has 2 aromatic carbocycles. The van der Waals surface area contributed by atoms with Gasteiger partial charge in [-0.25, -0.2) is 23.1 Å². The van der Waals surface area contributed by atoms with Gasteiger partial charge in [-0.05, 0) is 40.2 Å². The zero-order valence-corrected chi connectivity index (χ0v) is 20.1. The Morgan fingerprint density at radius 2 is 1.84 bits per heavy atom. The van der Waals surface area contributed by atoms with E-state index in [0.29, 0.717) is 45.1 Å². The minimum absolute atomic E-state index is 0.0828. The van der Waals surface area contributed by atoms with Crippen molar-refractivity contribution in [3.63, 3.8) is 0 Å². The van der Waals surface area contributed by atoms with Gasteiger partial charge in [0.25, 0.3) is 6.43 Å². The van der Waals surface area contributed by atoms with Gasteiger partial charge in [-0.1, -0.05) is 29.8 Å². The first-order valence-corrected chi connectivity index (χ1v) is 13.1. The summed E-state index contributed by atoms with van der Waals surface area (Å²) in [5, 5.41) is 7.64. The van der Waals surface area contributed by atoms with Gasteiger partial charge >= 0.3 is 0 Å². The molecule has 0 saturated carbocycles. The number of benzene rings is 2. The highest BCUT2D eigenvalue weighted by atomic mass is 35.5. The Kier molecular flexibility index (Phi) is 7.06. The molecule has 0 spiro atoms. The Labute approximate surface area is 190 Å². The number of alkyl halides is 2. The molecule has 0 bridgehead atoms. The van der Waals surface area contributed by atoms with Crippen molar-refractivity contribution in [2.75, 3.05) is 30.5 Å². The highest BCUT2D eigenvalue weighted by Crippen LogP contribution is 2.43. The molecule has 0 unspecified atom stereocenters. The normalized spacial score (nSPS) is 12.9. The number of rotatable bonds is 7. The predicted molar refractivity (Wildman–Crippen MR) is 126 cm³/mol. The van der Waals surface area contributed by atoms with Gasteiger partial charge in [-0.3, -0.25) is 0 Å². The molecule has 172 valence electrons. The number of halogens is 4. The van der Waals surface area contributed by atoms with E-state index in [-0.39, 0.29) is 5.56 Å². The molecule has 0 saturated heterocycles. The molecule has 1 atom stereocenters. The number of aryl methyl sites for hydroxylation is 1. The van der Waals surface area contributed by atoms with E-state index < -0.39 is 31.0 Å². The largest absolute Gasteiger partial charge is 0.383 e. The predicted octanol–water partition coefficient (Wildman–Crippen LogP) is 6.52. The quantitative estimate of drug-likeness (QED) is 0.374. The Morgan fingerprint density at radius 3 is 2.44 bits per heavy atom. The molecule has 3 rings (SSSR count).